The Morgan fingerprint density at radius 3 is 2.63 bits per heavy atom. The normalized spacial score (nSPS) is 10.8. The summed E-state index contributed by atoms with van der Waals surface area (Å²) in [5.74, 6) is 6.45. The van der Waals surface area contributed by atoms with E-state index in [1.54, 1.807) is 11.3 Å². The first-order valence-electron chi connectivity index (χ1n) is 7.12. The summed E-state index contributed by atoms with van der Waals surface area (Å²) >= 11 is 1.76. The van der Waals surface area contributed by atoms with Crippen molar-refractivity contribution in [1.82, 2.24) is 4.90 Å². The van der Waals surface area contributed by atoms with Crippen LogP contribution >= 0.6 is 11.3 Å². The molecule has 1 rings (SSSR count). The molecule has 0 aliphatic heterocycles. The second-order valence-corrected chi connectivity index (χ2v) is 5.77. The summed E-state index contributed by atoms with van der Waals surface area (Å²) in [6, 6.07) is 2.14. The van der Waals surface area contributed by atoms with Gasteiger partial charge in [-0.1, -0.05) is 45.5 Å². The van der Waals surface area contributed by atoms with Crippen LogP contribution in [0.3, 0.4) is 0 Å². The van der Waals surface area contributed by atoms with Crippen molar-refractivity contribution >= 4 is 11.3 Å². The van der Waals surface area contributed by atoms with E-state index in [2.05, 4.69) is 49.0 Å². The number of hydrogen-bond donors (Lipinski definition) is 1. The maximum Gasteiger partial charge on any atom is 0.104 e. The molecule has 0 aromatic carbocycles. The topological polar surface area (TPSA) is 23.5 Å². The zero-order valence-corrected chi connectivity index (χ0v) is 13.1. The number of nitrogens with zero attached hydrogens (tertiary/aromatic N) is 1. The van der Waals surface area contributed by atoms with Crippen molar-refractivity contribution in [1.29, 1.82) is 0 Å². The molecule has 2 nitrogen and oxygen atoms in total. The van der Waals surface area contributed by atoms with Gasteiger partial charge >= 0.3 is 0 Å². The van der Waals surface area contributed by atoms with Gasteiger partial charge in [-0.05, 0) is 18.5 Å². The third-order valence-corrected chi connectivity index (χ3v) is 4.38. The second-order valence-electron chi connectivity index (χ2n) is 4.77. The third kappa shape index (κ3) is 5.78. The molecular formula is C16H25NOS. The van der Waals surface area contributed by atoms with Crippen molar-refractivity contribution in [2.45, 2.75) is 40.2 Å². The Morgan fingerprint density at radius 2 is 2.05 bits per heavy atom. The van der Waals surface area contributed by atoms with E-state index in [4.69, 9.17) is 5.11 Å². The summed E-state index contributed by atoms with van der Waals surface area (Å²) in [5.41, 5.74) is 1.02. The molecule has 3 heteroatoms. The zero-order valence-electron chi connectivity index (χ0n) is 12.3. The summed E-state index contributed by atoms with van der Waals surface area (Å²) in [7, 11) is 0. The van der Waals surface area contributed by atoms with Gasteiger partial charge in [0.25, 0.3) is 0 Å². The van der Waals surface area contributed by atoms with Crippen LogP contribution in [0.5, 0.6) is 0 Å². The van der Waals surface area contributed by atoms with Gasteiger partial charge in [-0.25, -0.2) is 0 Å². The molecule has 1 N–H and O–H groups in total. The van der Waals surface area contributed by atoms with Crippen LogP contribution in [0.2, 0.25) is 0 Å². The SMILES string of the molecule is CCC(CC)CN(CC)Cc1cc(C#CCO)cs1. The molecule has 0 aliphatic rings. The maximum atomic E-state index is 8.69. The van der Waals surface area contributed by atoms with Crippen molar-refractivity contribution in [2.24, 2.45) is 5.92 Å². The fourth-order valence-corrected chi connectivity index (χ4v) is 2.97. The lowest BCUT2D eigenvalue weighted by Crippen LogP contribution is -2.28. The molecular weight excluding hydrogens is 254 g/mol. The highest BCUT2D eigenvalue weighted by Gasteiger charge is 2.11. The molecule has 1 aromatic rings. The Bertz CT molecular complexity index is 412. The summed E-state index contributed by atoms with van der Waals surface area (Å²) in [4.78, 5) is 3.86. The molecule has 19 heavy (non-hydrogen) atoms. The van der Waals surface area contributed by atoms with E-state index >= 15 is 0 Å². The van der Waals surface area contributed by atoms with E-state index in [-0.39, 0.29) is 6.61 Å². The van der Waals surface area contributed by atoms with Crippen LogP contribution in [-0.2, 0) is 6.54 Å². The second kappa shape index (κ2) is 9.14. The first kappa shape index (κ1) is 16.2. The Hall–Kier alpha value is -0.820. The number of rotatable bonds is 7. The number of aliphatic hydroxyl groups excluding tert-OH is 1. The van der Waals surface area contributed by atoms with Crippen molar-refractivity contribution in [3.8, 4) is 11.8 Å². The average molecular weight is 279 g/mol. The minimum atomic E-state index is -0.0685. The summed E-state index contributed by atoms with van der Waals surface area (Å²) in [6.45, 7) is 9.98. The quantitative estimate of drug-likeness (QED) is 0.774. The highest BCUT2D eigenvalue weighted by atomic mass is 32.1. The van der Waals surface area contributed by atoms with Crippen molar-refractivity contribution < 1.29 is 5.11 Å². The number of hydrogen-bond acceptors (Lipinski definition) is 3. The monoisotopic (exact) mass is 279 g/mol. The molecule has 0 saturated heterocycles. The standard InChI is InChI=1S/C16H25NOS/c1-4-14(5-2)11-17(6-3)12-16-10-15(13-19-16)8-7-9-18/h10,13-14,18H,4-6,9,11-12H2,1-3H3. The van der Waals surface area contributed by atoms with Gasteiger partial charge in [0.2, 0.25) is 0 Å². The van der Waals surface area contributed by atoms with Crippen LogP contribution in [0.25, 0.3) is 0 Å². The summed E-state index contributed by atoms with van der Waals surface area (Å²) in [6.07, 6.45) is 2.51. The molecule has 106 valence electrons. The Balaban J connectivity index is 2.57. The van der Waals surface area contributed by atoms with E-state index in [1.807, 2.05) is 0 Å². The molecule has 1 aromatic heterocycles. The Morgan fingerprint density at radius 1 is 1.32 bits per heavy atom. The molecule has 0 bridgehead atoms. The fourth-order valence-electron chi connectivity index (χ4n) is 2.11. The lowest BCUT2D eigenvalue weighted by Gasteiger charge is -2.24. The predicted octanol–water partition coefficient (Wildman–Crippen LogP) is 3.35. The van der Waals surface area contributed by atoms with Gasteiger partial charge in [-0.2, -0.15) is 0 Å². The summed E-state index contributed by atoms with van der Waals surface area (Å²) < 4.78 is 0. The van der Waals surface area contributed by atoms with E-state index in [0.29, 0.717) is 0 Å². The van der Waals surface area contributed by atoms with Gasteiger partial charge in [-0.3, -0.25) is 4.90 Å². The van der Waals surface area contributed by atoms with Crippen LogP contribution in [0, 0.1) is 17.8 Å². The van der Waals surface area contributed by atoms with Gasteiger partial charge < -0.3 is 5.11 Å². The minimum absolute atomic E-state index is 0.0685. The lowest BCUT2D eigenvalue weighted by atomic mass is 10.0. The van der Waals surface area contributed by atoms with Gasteiger partial charge in [0.05, 0.1) is 0 Å². The molecule has 0 amide bonds. The largest absolute Gasteiger partial charge is 0.384 e. The molecule has 0 atom stereocenters. The average Bonchev–Trinajstić information content (AvgIpc) is 2.88. The third-order valence-electron chi connectivity index (χ3n) is 3.46. The molecule has 0 fully saturated rings. The van der Waals surface area contributed by atoms with E-state index in [9.17, 15) is 0 Å². The predicted molar refractivity (Wildman–Crippen MR) is 83.3 cm³/mol. The van der Waals surface area contributed by atoms with Gasteiger partial charge in [-0.15, -0.1) is 11.3 Å². The highest BCUT2D eigenvalue weighted by Crippen LogP contribution is 2.18. The van der Waals surface area contributed by atoms with E-state index in [1.165, 1.54) is 24.3 Å². The number of aliphatic hydroxyl groups is 1. The zero-order chi connectivity index (χ0) is 14.1. The molecule has 0 saturated carbocycles. The minimum Gasteiger partial charge on any atom is -0.384 e. The van der Waals surface area contributed by atoms with Crippen LogP contribution in [0.15, 0.2) is 11.4 Å². The summed E-state index contributed by atoms with van der Waals surface area (Å²) in [5, 5.41) is 10.8. The van der Waals surface area contributed by atoms with Crippen molar-refractivity contribution in [3.05, 3.63) is 21.9 Å². The van der Waals surface area contributed by atoms with Crippen LogP contribution in [-0.4, -0.2) is 29.7 Å². The van der Waals surface area contributed by atoms with Crippen molar-refractivity contribution in [2.75, 3.05) is 19.7 Å². The lowest BCUT2D eigenvalue weighted by molar-refractivity contribution is 0.228. The maximum absolute atomic E-state index is 8.69. The van der Waals surface area contributed by atoms with Gasteiger partial charge in [0.15, 0.2) is 0 Å². The molecule has 1 heterocycles. The fraction of sp³-hybridized carbons (Fsp3) is 0.625. The van der Waals surface area contributed by atoms with Gasteiger partial charge in [0, 0.05) is 28.9 Å². The molecule has 0 unspecified atom stereocenters. The van der Waals surface area contributed by atoms with Crippen LogP contribution in [0.4, 0.5) is 0 Å². The molecule has 0 aliphatic carbocycles. The van der Waals surface area contributed by atoms with E-state index in [0.717, 1.165) is 24.6 Å². The van der Waals surface area contributed by atoms with Crippen molar-refractivity contribution in [3.63, 3.8) is 0 Å². The first-order chi connectivity index (χ1) is 9.23. The Labute approximate surface area is 121 Å². The highest BCUT2D eigenvalue weighted by molar-refractivity contribution is 7.10. The first-order valence-corrected chi connectivity index (χ1v) is 8.00. The van der Waals surface area contributed by atoms with Crippen LogP contribution < -0.4 is 0 Å². The Kier molecular flexibility index (Phi) is 7.81. The smallest absolute Gasteiger partial charge is 0.104 e. The molecule has 0 spiro atoms. The molecule has 0 radical (unpaired) electrons. The van der Waals surface area contributed by atoms with Gasteiger partial charge in [0.1, 0.15) is 6.61 Å². The van der Waals surface area contributed by atoms with Crippen LogP contribution in [0.1, 0.15) is 44.1 Å². The number of thiophene rings is 1. The van der Waals surface area contributed by atoms with E-state index < -0.39 is 0 Å².